The third-order valence-corrected chi connectivity index (χ3v) is 5.45. The maximum absolute atomic E-state index is 13.5. The lowest BCUT2D eigenvalue weighted by Gasteiger charge is -2.11. The average molecular weight is 398 g/mol. The average Bonchev–Trinajstić information content (AvgIpc) is 3.09. The summed E-state index contributed by atoms with van der Waals surface area (Å²) in [6.07, 6.45) is 6.43. The zero-order valence-corrected chi connectivity index (χ0v) is 15.6. The Morgan fingerprint density at radius 2 is 1.82 bits per heavy atom. The van der Waals surface area contributed by atoms with Gasteiger partial charge in [0, 0.05) is 12.1 Å². The van der Waals surface area contributed by atoms with Crippen molar-refractivity contribution in [3.8, 4) is 11.5 Å². The van der Waals surface area contributed by atoms with Gasteiger partial charge in [-0.2, -0.15) is 15.0 Å². The molecule has 0 radical (unpaired) electrons. The van der Waals surface area contributed by atoms with Gasteiger partial charge < -0.3 is 10.6 Å². The number of nitrogens with zero attached hydrogens (tertiary/aromatic N) is 5. The molecule has 2 unspecified atom stereocenters. The van der Waals surface area contributed by atoms with Crippen molar-refractivity contribution in [2.24, 2.45) is 11.8 Å². The van der Waals surface area contributed by atoms with E-state index in [-0.39, 0.29) is 5.95 Å². The van der Waals surface area contributed by atoms with Gasteiger partial charge in [0.1, 0.15) is 16.7 Å². The van der Waals surface area contributed by atoms with E-state index in [4.69, 9.17) is 11.6 Å². The summed E-state index contributed by atoms with van der Waals surface area (Å²) < 4.78 is 13.5. The Morgan fingerprint density at radius 3 is 2.61 bits per heavy atom. The number of fused-ring (bicyclic) bond motifs is 1. The maximum Gasteiger partial charge on any atom is 0.232 e. The molecule has 0 saturated heterocycles. The Bertz CT molecular complexity index is 1020. The molecule has 142 valence electrons. The highest BCUT2D eigenvalue weighted by Crippen LogP contribution is 2.53. The molecule has 9 heteroatoms. The number of rotatable bonds is 5. The van der Waals surface area contributed by atoms with Crippen molar-refractivity contribution in [3.05, 3.63) is 47.6 Å². The van der Waals surface area contributed by atoms with Gasteiger partial charge in [-0.15, -0.1) is 0 Å². The zero-order chi connectivity index (χ0) is 19.1. The lowest BCUT2D eigenvalue weighted by molar-refractivity contribution is 0.622. The van der Waals surface area contributed by atoms with Crippen LogP contribution in [-0.2, 0) is 0 Å². The lowest BCUT2D eigenvalue weighted by atomic mass is 10.2. The van der Waals surface area contributed by atoms with Crippen molar-refractivity contribution in [2.75, 3.05) is 10.6 Å². The van der Waals surface area contributed by atoms with E-state index in [9.17, 15) is 4.39 Å². The van der Waals surface area contributed by atoms with Gasteiger partial charge in [0.25, 0.3) is 0 Å². The molecule has 5 rings (SSSR count). The Hall–Kier alpha value is -2.87. The molecule has 0 aliphatic heterocycles. The molecular weight excluding hydrogens is 381 g/mol. The van der Waals surface area contributed by atoms with E-state index in [2.05, 4.69) is 35.6 Å². The van der Waals surface area contributed by atoms with Crippen LogP contribution in [0.2, 0.25) is 5.15 Å². The molecule has 3 aromatic rings. The fourth-order valence-electron chi connectivity index (χ4n) is 3.94. The van der Waals surface area contributed by atoms with Crippen LogP contribution in [0.4, 0.5) is 22.0 Å². The van der Waals surface area contributed by atoms with Crippen LogP contribution in [0.1, 0.15) is 19.3 Å². The minimum Gasteiger partial charge on any atom is -0.351 e. The SMILES string of the molecule is Fc1cncc(Nc2nc(NC3C4CCCC43)nc(-c3cccc(Cl)n3)n2)c1. The molecule has 2 N–H and O–H groups in total. The van der Waals surface area contributed by atoms with Crippen LogP contribution in [0, 0.1) is 17.7 Å². The molecular formula is C19H17ClFN7. The summed E-state index contributed by atoms with van der Waals surface area (Å²) in [6, 6.07) is 6.99. The Morgan fingerprint density at radius 1 is 1.00 bits per heavy atom. The third-order valence-electron chi connectivity index (χ3n) is 5.24. The highest BCUT2D eigenvalue weighted by atomic mass is 35.5. The first kappa shape index (κ1) is 17.2. The van der Waals surface area contributed by atoms with Crippen LogP contribution in [0.5, 0.6) is 0 Å². The predicted molar refractivity (Wildman–Crippen MR) is 104 cm³/mol. The summed E-state index contributed by atoms with van der Waals surface area (Å²) in [5.74, 6) is 2.10. The van der Waals surface area contributed by atoms with Gasteiger partial charge >= 0.3 is 0 Å². The van der Waals surface area contributed by atoms with Crippen LogP contribution in [0.15, 0.2) is 36.7 Å². The van der Waals surface area contributed by atoms with Gasteiger partial charge in [-0.1, -0.05) is 24.1 Å². The molecule has 2 aliphatic carbocycles. The topological polar surface area (TPSA) is 88.5 Å². The normalized spacial score (nSPS) is 22.6. The maximum atomic E-state index is 13.5. The van der Waals surface area contributed by atoms with Crippen LogP contribution < -0.4 is 10.6 Å². The van der Waals surface area contributed by atoms with E-state index in [1.165, 1.54) is 31.5 Å². The Labute approximate surface area is 165 Å². The molecule has 2 aliphatic rings. The minimum atomic E-state index is -0.444. The van der Waals surface area contributed by atoms with Crippen molar-refractivity contribution in [3.63, 3.8) is 0 Å². The Balaban J connectivity index is 1.48. The van der Waals surface area contributed by atoms with Gasteiger partial charge in [-0.05, 0) is 36.8 Å². The summed E-state index contributed by atoms with van der Waals surface area (Å²) in [6.45, 7) is 0. The molecule has 0 amide bonds. The molecule has 3 aromatic heterocycles. The summed E-state index contributed by atoms with van der Waals surface area (Å²) in [7, 11) is 0. The number of hydrogen-bond acceptors (Lipinski definition) is 7. The van der Waals surface area contributed by atoms with Gasteiger partial charge in [0.15, 0.2) is 5.82 Å². The van der Waals surface area contributed by atoms with Gasteiger partial charge in [-0.3, -0.25) is 4.98 Å². The van der Waals surface area contributed by atoms with Crippen molar-refractivity contribution in [1.29, 1.82) is 0 Å². The van der Waals surface area contributed by atoms with Crippen LogP contribution >= 0.6 is 11.6 Å². The van der Waals surface area contributed by atoms with Gasteiger partial charge in [0.05, 0.1) is 18.1 Å². The van der Waals surface area contributed by atoms with Gasteiger partial charge in [-0.25, -0.2) is 9.37 Å². The number of aromatic nitrogens is 5. The zero-order valence-electron chi connectivity index (χ0n) is 14.8. The standard InChI is InChI=1S/C19H17ClFN7/c20-15-6-2-5-14(24-15)17-26-18(23-11-7-10(21)8-22-9-11)28-19(27-17)25-16-12-3-1-4-13(12)16/h2,5-9,12-13,16H,1,3-4H2,(H2,23,25,26,27,28). The predicted octanol–water partition coefficient (Wildman–Crippen LogP) is 4.08. The summed E-state index contributed by atoms with van der Waals surface area (Å²) in [5, 5.41) is 6.77. The second-order valence-electron chi connectivity index (χ2n) is 7.10. The fourth-order valence-corrected chi connectivity index (χ4v) is 4.10. The third kappa shape index (κ3) is 3.47. The summed E-state index contributed by atoms with van der Waals surface area (Å²) >= 11 is 6.02. The molecule has 3 heterocycles. The van der Waals surface area contributed by atoms with E-state index in [0.717, 1.165) is 6.20 Å². The molecule has 0 aromatic carbocycles. The first-order valence-electron chi connectivity index (χ1n) is 9.19. The molecule has 7 nitrogen and oxygen atoms in total. The first-order chi connectivity index (χ1) is 13.7. The molecule has 2 saturated carbocycles. The van der Waals surface area contributed by atoms with Crippen LogP contribution in [0.3, 0.4) is 0 Å². The highest BCUT2D eigenvalue weighted by molar-refractivity contribution is 6.29. The quantitative estimate of drug-likeness (QED) is 0.627. The van der Waals surface area contributed by atoms with E-state index in [1.54, 1.807) is 18.2 Å². The van der Waals surface area contributed by atoms with Crippen molar-refractivity contribution in [1.82, 2.24) is 24.9 Å². The van der Waals surface area contributed by atoms with E-state index >= 15 is 0 Å². The number of pyridine rings is 2. The number of anilines is 3. The molecule has 0 bridgehead atoms. The lowest BCUT2D eigenvalue weighted by Crippen LogP contribution is -2.13. The first-order valence-corrected chi connectivity index (χ1v) is 9.57. The molecule has 2 atom stereocenters. The molecule has 28 heavy (non-hydrogen) atoms. The fraction of sp³-hybridized carbons (Fsp3) is 0.316. The highest BCUT2D eigenvalue weighted by Gasteiger charge is 2.52. The second kappa shape index (κ2) is 6.94. The smallest absolute Gasteiger partial charge is 0.232 e. The number of halogens is 2. The van der Waals surface area contributed by atoms with Crippen molar-refractivity contribution >= 4 is 29.2 Å². The second-order valence-corrected chi connectivity index (χ2v) is 7.48. The van der Waals surface area contributed by atoms with E-state index in [0.29, 0.717) is 46.2 Å². The Kier molecular flexibility index (Phi) is 4.27. The van der Waals surface area contributed by atoms with Crippen LogP contribution in [-0.4, -0.2) is 31.0 Å². The van der Waals surface area contributed by atoms with Crippen molar-refractivity contribution in [2.45, 2.75) is 25.3 Å². The van der Waals surface area contributed by atoms with Crippen LogP contribution in [0.25, 0.3) is 11.5 Å². The molecule has 0 spiro atoms. The number of nitrogens with one attached hydrogen (secondary N) is 2. The van der Waals surface area contributed by atoms with Gasteiger partial charge in [0.2, 0.25) is 11.9 Å². The summed E-state index contributed by atoms with van der Waals surface area (Å²) in [5.41, 5.74) is 0.986. The molecule has 2 fully saturated rings. The van der Waals surface area contributed by atoms with E-state index in [1.807, 2.05) is 0 Å². The number of hydrogen-bond donors (Lipinski definition) is 2. The van der Waals surface area contributed by atoms with Crippen molar-refractivity contribution < 1.29 is 4.39 Å². The summed E-state index contributed by atoms with van der Waals surface area (Å²) in [4.78, 5) is 21.5. The monoisotopic (exact) mass is 397 g/mol. The van der Waals surface area contributed by atoms with E-state index < -0.39 is 5.82 Å². The minimum absolute atomic E-state index is 0.285. The largest absolute Gasteiger partial charge is 0.351 e.